The molecule has 0 aliphatic heterocycles. The summed E-state index contributed by atoms with van der Waals surface area (Å²) in [6.07, 6.45) is 3.94. The molecular weight excluding hydrogens is 166 g/mol. The van der Waals surface area contributed by atoms with E-state index in [2.05, 4.69) is 4.90 Å². The largest absolute Gasteiger partial charge is 0.395 e. The Kier molecular flexibility index (Phi) is 5.35. The van der Waals surface area contributed by atoms with Gasteiger partial charge in [-0.25, -0.2) is 0 Å². The van der Waals surface area contributed by atoms with Crippen LogP contribution in [0.4, 0.5) is 0 Å². The van der Waals surface area contributed by atoms with Crippen molar-refractivity contribution in [3.63, 3.8) is 0 Å². The molecule has 0 aromatic carbocycles. The Hall–Kier alpha value is -0.120. The highest BCUT2D eigenvalue weighted by atomic mass is 16.5. The van der Waals surface area contributed by atoms with E-state index in [1.807, 2.05) is 6.92 Å². The number of aliphatic hydroxyl groups excluding tert-OH is 1. The quantitative estimate of drug-likeness (QED) is 0.600. The predicted octanol–water partition coefficient (Wildman–Crippen LogP) is 0.870. The molecular formula is C10H21NO2. The Balaban J connectivity index is 2.12. The van der Waals surface area contributed by atoms with Crippen LogP contribution in [0.2, 0.25) is 0 Å². The summed E-state index contributed by atoms with van der Waals surface area (Å²) in [6.45, 7) is 5.64. The molecule has 3 nitrogen and oxygen atoms in total. The SMILES string of the molecule is CCOCCN(CCO)C1CCC1. The molecule has 1 aliphatic carbocycles. The molecule has 0 heterocycles. The molecule has 1 N–H and O–H groups in total. The van der Waals surface area contributed by atoms with Crippen LogP contribution in [0.3, 0.4) is 0 Å². The molecule has 0 atom stereocenters. The Morgan fingerprint density at radius 3 is 2.62 bits per heavy atom. The van der Waals surface area contributed by atoms with E-state index in [0.717, 1.165) is 26.3 Å². The average molecular weight is 187 g/mol. The smallest absolute Gasteiger partial charge is 0.0593 e. The van der Waals surface area contributed by atoms with E-state index in [1.54, 1.807) is 0 Å². The van der Waals surface area contributed by atoms with Crippen molar-refractivity contribution >= 4 is 0 Å². The number of hydrogen-bond donors (Lipinski definition) is 1. The molecule has 1 rings (SSSR count). The van der Waals surface area contributed by atoms with E-state index in [9.17, 15) is 0 Å². The monoisotopic (exact) mass is 187 g/mol. The minimum Gasteiger partial charge on any atom is -0.395 e. The first kappa shape index (κ1) is 11.0. The van der Waals surface area contributed by atoms with Crippen LogP contribution >= 0.6 is 0 Å². The van der Waals surface area contributed by atoms with Crippen LogP contribution in [0.25, 0.3) is 0 Å². The Bertz CT molecular complexity index is 126. The van der Waals surface area contributed by atoms with Crippen LogP contribution in [0.15, 0.2) is 0 Å². The summed E-state index contributed by atoms with van der Waals surface area (Å²) in [5.41, 5.74) is 0. The highest BCUT2D eigenvalue weighted by Crippen LogP contribution is 2.24. The van der Waals surface area contributed by atoms with E-state index >= 15 is 0 Å². The summed E-state index contributed by atoms with van der Waals surface area (Å²) >= 11 is 0. The molecule has 0 spiro atoms. The second kappa shape index (κ2) is 6.35. The van der Waals surface area contributed by atoms with Crippen molar-refractivity contribution in [3.05, 3.63) is 0 Å². The van der Waals surface area contributed by atoms with Crippen molar-refractivity contribution in [2.75, 3.05) is 32.9 Å². The van der Waals surface area contributed by atoms with Gasteiger partial charge in [-0.3, -0.25) is 4.90 Å². The summed E-state index contributed by atoms with van der Waals surface area (Å²) in [6, 6.07) is 0.715. The Morgan fingerprint density at radius 1 is 1.38 bits per heavy atom. The van der Waals surface area contributed by atoms with E-state index in [1.165, 1.54) is 19.3 Å². The Labute approximate surface area is 80.7 Å². The van der Waals surface area contributed by atoms with Crippen molar-refractivity contribution in [2.24, 2.45) is 0 Å². The third-order valence-electron chi connectivity index (χ3n) is 2.71. The van der Waals surface area contributed by atoms with Gasteiger partial charge >= 0.3 is 0 Å². The predicted molar refractivity (Wildman–Crippen MR) is 52.8 cm³/mol. The zero-order chi connectivity index (χ0) is 9.52. The molecule has 0 aromatic heterocycles. The first-order valence-electron chi connectivity index (χ1n) is 5.31. The summed E-state index contributed by atoms with van der Waals surface area (Å²) in [4.78, 5) is 2.35. The number of hydrogen-bond acceptors (Lipinski definition) is 3. The highest BCUT2D eigenvalue weighted by Gasteiger charge is 2.23. The highest BCUT2D eigenvalue weighted by molar-refractivity contribution is 4.79. The van der Waals surface area contributed by atoms with Gasteiger partial charge in [-0.05, 0) is 19.8 Å². The molecule has 1 saturated carbocycles. The van der Waals surface area contributed by atoms with Crippen LogP contribution in [0.5, 0.6) is 0 Å². The van der Waals surface area contributed by atoms with Crippen molar-refractivity contribution in [1.29, 1.82) is 0 Å². The lowest BCUT2D eigenvalue weighted by Crippen LogP contribution is -2.43. The van der Waals surface area contributed by atoms with Crippen LogP contribution in [0, 0.1) is 0 Å². The van der Waals surface area contributed by atoms with E-state index in [-0.39, 0.29) is 6.61 Å². The average Bonchev–Trinajstić information content (AvgIpc) is 2.02. The van der Waals surface area contributed by atoms with Crippen LogP contribution in [0.1, 0.15) is 26.2 Å². The van der Waals surface area contributed by atoms with Gasteiger partial charge in [0.2, 0.25) is 0 Å². The van der Waals surface area contributed by atoms with Gasteiger partial charge in [0.05, 0.1) is 13.2 Å². The lowest BCUT2D eigenvalue weighted by molar-refractivity contribution is 0.0572. The summed E-state index contributed by atoms with van der Waals surface area (Å²) in [5, 5.41) is 8.88. The second-order valence-electron chi connectivity index (χ2n) is 3.54. The zero-order valence-electron chi connectivity index (χ0n) is 8.54. The Morgan fingerprint density at radius 2 is 2.15 bits per heavy atom. The van der Waals surface area contributed by atoms with Gasteiger partial charge in [-0.1, -0.05) is 6.42 Å². The molecule has 0 unspecified atom stereocenters. The summed E-state index contributed by atoms with van der Waals surface area (Å²) < 4.78 is 5.31. The maximum Gasteiger partial charge on any atom is 0.0593 e. The summed E-state index contributed by atoms with van der Waals surface area (Å²) in [7, 11) is 0. The van der Waals surface area contributed by atoms with Gasteiger partial charge in [0, 0.05) is 25.7 Å². The minimum absolute atomic E-state index is 0.266. The van der Waals surface area contributed by atoms with Gasteiger partial charge in [0.1, 0.15) is 0 Å². The molecule has 0 bridgehead atoms. The topological polar surface area (TPSA) is 32.7 Å². The maximum absolute atomic E-state index is 8.88. The van der Waals surface area contributed by atoms with Crippen molar-refractivity contribution in [2.45, 2.75) is 32.2 Å². The number of nitrogens with zero attached hydrogens (tertiary/aromatic N) is 1. The van der Waals surface area contributed by atoms with Crippen LogP contribution in [-0.2, 0) is 4.74 Å². The van der Waals surface area contributed by atoms with Gasteiger partial charge in [0.15, 0.2) is 0 Å². The minimum atomic E-state index is 0.266. The molecule has 78 valence electrons. The first-order chi connectivity index (χ1) is 6.38. The van der Waals surface area contributed by atoms with Crippen LogP contribution < -0.4 is 0 Å². The number of ether oxygens (including phenoxy) is 1. The van der Waals surface area contributed by atoms with Crippen LogP contribution in [-0.4, -0.2) is 49.0 Å². The van der Waals surface area contributed by atoms with Crippen molar-refractivity contribution < 1.29 is 9.84 Å². The van der Waals surface area contributed by atoms with Gasteiger partial charge in [-0.15, -0.1) is 0 Å². The van der Waals surface area contributed by atoms with Gasteiger partial charge in [0.25, 0.3) is 0 Å². The third-order valence-corrected chi connectivity index (χ3v) is 2.71. The van der Waals surface area contributed by atoms with Crippen molar-refractivity contribution in [3.8, 4) is 0 Å². The zero-order valence-corrected chi connectivity index (χ0v) is 8.54. The molecule has 3 heteroatoms. The lowest BCUT2D eigenvalue weighted by atomic mass is 9.91. The molecule has 0 saturated heterocycles. The molecule has 0 amide bonds. The third kappa shape index (κ3) is 3.63. The number of rotatable bonds is 7. The molecule has 0 radical (unpaired) electrons. The van der Waals surface area contributed by atoms with Gasteiger partial charge < -0.3 is 9.84 Å². The lowest BCUT2D eigenvalue weighted by Gasteiger charge is -2.37. The van der Waals surface area contributed by atoms with E-state index < -0.39 is 0 Å². The van der Waals surface area contributed by atoms with Crippen molar-refractivity contribution in [1.82, 2.24) is 4.90 Å². The molecule has 0 aromatic rings. The second-order valence-corrected chi connectivity index (χ2v) is 3.54. The normalized spacial score (nSPS) is 17.8. The fourth-order valence-electron chi connectivity index (χ4n) is 1.68. The van der Waals surface area contributed by atoms with E-state index in [0.29, 0.717) is 6.04 Å². The maximum atomic E-state index is 8.88. The first-order valence-corrected chi connectivity index (χ1v) is 5.31. The van der Waals surface area contributed by atoms with Gasteiger partial charge in [-0.2, -0.15) is 0 Å². The van der Waals surface area contributed by atoms with E-state index in [4.69, 9.17) is 9.84 Å². The fourth-order valence-corrected chi connectivity index (χ4v) is 1.68. The molecule has 13 heavy (non-hydrogen) atoms. The molecule has 1 aliphatic rings. The fraction of sp³-hybridized carbons (Fsp3) is 1.00. The number of aliphatic hydroxyl groups is 1. The molecule has 1 fully saturated rings. The summed E-state index contributed by atoms with van der Waals surface area (Å²) in [5.74, 6) is 0. The standard InChI is InChI=1S/C10H21NO2/c1-2-13-9-7-11(6-8-12)10-4-3-5-10/h10,12H,2-9H2,1H3.